The topological polar surface area (TPSA) is 119 Å². The molecule has 0 spiro atoms. The number of unbranched alkanes of at least 4 members (excludes halogenated alkanes) is 12. The molecule has 4 N–H and O–H groups in total. The quantitative estimate of drug-likeness (QED) is 0.122. The second kappa shape index (κ2) is 19.7. The third-order valence-corrected chi connectivity index (χ3v) is 6.63. The van der Waals surface area contributed by atoms with Crippen molar-refractivity contribution >= 4 is 17.8 Å². The van der Waals surface area contributed by atoms with E-state index in [0.29, 0.717) is 25.8 Å². The molecule has 0 unspecified atom stereocenters. The lowest BCUT2D eigenvalue weighted by Gasteiger charge is -2.29. The van der Waals surface area contributed by atoms with E-state index in [2.05, 4.69) is 12.2 Å². The Morgan fingerprint density at radius 3 is 1.92 bits per heavy atom. The maximum atomic E-state index is 13.1. The van der Waals surface area contributed by atoms with E-state index in [1.165, 1.54) is 51.4 Å². The van der Waals surface area contributed by atoms with Crippen molar-refractivity contribution in [1.29, 1.82) is 0 Å². The number of nitrogens with two attached hydrogens (primary N) is 1. The van der Waals surface area contributed by atoms with Crippen LogP contribution in [0, 0.1) is 0 Å². The van der Waals surface area contributed by atoms with Crippen LogP contribution in [0.3, 0.4) is 0 Å². The van der Waals surface area contributed by atoms with E-state index in [-0.39, 0.29) is 19.4 Å². The average Bonchev–Trinajstić information content (AvgIpc) is 2.88. The van der Waals surface area contributed by atoms with E-state index in [4.69, 9.17) is 10.5 Å². The zero-order chi connectivity index (χ0) is 26.5. The maximum absolute atomic E-state index is 13.1. The Morgan fingerprint density at radius 1 is 0.833 bits per heavy atom. The van der Waals surface area contributed by atoms with Gasteiger partial charge < -0.3 is 15.6 Å². The number of carbonyl (C=O) groups is 3. The van der Waals surface area contributed by atoms with E-state index in [1.54, 1.807) is 12.1 Å². The number of aliphatic carboxylic acids is 1. The average molecular weight is 505 g/mol. The Morgan fingerprint density at radius 2 is 1.39 bits per heavy atom. The molecule has 0 aliphatic heterocycles. The van der Waals surface area contributed by atoms with Gasteiger partial charge in [0.1, 0.15) is 6.61 Å². The molecule has 0 saturated heterocycles. The minimum atomic E-state index is -1.99. The van der Waals surface area contributed by atoms with E-state index in [1.807, 2.05) is 18.2 Å². The summed E-state index contributed by atoms with van der Waals surface area (Å²) < 4.78 is 5.22. The molecular weight excluding hydrogens is 456 g/mol. The molecule has 1 aromatic rings. The van der Waals surface area contributed by atoms with Gasteiger partial charge in [0.05, 0.1) is 0 Å². The number of carboxylic acid groups (broad SMARTS) is 1. The number of rotatable bonds is 22. The van der Waals surface area contributed by atoms with Gasteiger partial charge >= 0.3 is 12.1 Å². The van der Waals surface area contributed by atoms with Crippen molar-refractivity contribution in [3.8, 4) is 0 Å². The van der Waals surface area contributed by atoms with Crippen LogP contribution in [0.1, 0.15) is 115 Å². The molecule has 1 amide bonds. The van der Waals surface area contributed by atoms with Crippen LogP contribution in [0.4, 0.5) is 4.79 Å². The van der Waals surface area contributed by atoms with Crippen molar-refractivity contribution in [2.45, 2.75) is 122 Å². The minimum Gasteiger partial charge on any atom is -0.479 e. The Balaban J connectivity index is 2.48. The van der Waals surface area contributed by atoms with E-state index < -0.39 is 23.4 Å². The second-order valence-corrected chi connectivity index (χ2v) is 9.71. The minimum absolute atomic E-state index is 0.00188. The number of nitrogens with one attached hydrogen (secondary N) is 1. The molecule has 0 fully saturated rings. The molecule has 0 aliphatic carbocycles. The fourth-order valence-corrected chi connectivity index (χ4v) is 4.36. The van der Waals surface area contributed by atoms with Gasteiger partial charge in [-0.05, 0) is 37.8 Å². The second-order valence-electron chi connectivity index (χ2n) is 9.71. The highest BCUT2D eigenvalue weighted by Gasteiger charge is 2.46. The predicted molar refractivity (Wildman–Crippen MR) is 144 cm³/mol. The molecule has 0 aliphatic rings. The molecule has 36 heavy (non-hydrogen) atoms. The number of carbonyl (C=O) groups excluding carboxylic acids is 2. The molecule has 1 aromatic carbocycles. The molecule has 7 nitrogen and oxygen atoms in total. The molecule has 204 valence electrons. The number of ketones is 1. The van der Waals surface area contributed by atoms with Gasteiger partial charge in [0, 0.05) is 6.42 Å². The van der Waals surface area contributed by atoms with Crippen LogP contribution in [0.15, 0.2) is 30.3 Å². The van der Waals surface area contributed by atoms with Gasteiger partial charge in [0.15, 0.2) is 11.3 Å². The number of hydrogen-bond donors (Lipinski definition) is 3. The van der Waals surface area contributed by atoms with Crippen LogP contribution >= 0.6 is 0 Å². The summed E-state index contributed by atoms with van der Waals surface area (Å²) in [7, 11) is 0. The summed E-state index contributed by atoms with van der Waals surface area (Å²) in [4.78, 5) is 37.8. The zero-order valence-electron chi connectivity index (χ0n) is 22.3. The molecule has 0 aromatic heterocycles. The maximum Gasteiger partial charge on any atom is 0.408 e. The molecule has 0 saturated carbocycles. The van der Waals surface area contributed by atoms with Gasteiger partial charge in [0.25, 0.3) is 0 Å². The van der Waals surface area contributed by atoms with Crippen LogP contribution in [0.25, 0.3) is 0 Å². The number of ether oxygens (including phenoxy) is 1. The summed E-state index contributed by atoms with van der Waals surface area (Å²) in [6.07, 6.45) is 14.2. The lowest BCUT2D eigenvalue weighted by atomic mass is 9.85. The first-order valence-corrected chi connectivity index (χ1v) is 13.9. The van der Waals surface area contributed by atoms with Gasteiger partial charge in [-0.2, -0.15) is 0 Å². The van der Waals surface area contributed by atoms with Crippen LogP contribution in [0.5, 0.6) is 0 Å². The summed E-state index contributed by atoms with van der Waals surface area (Å²) in [6, 6.07) is 9.10. The Labute approximate surface area is 217 Å². The number of amides is 1. The lowest BCUT2D eigenvalue weighted by Crippen LogP contribution is -2.60. The van der Waals surface area contributed by atoms with Gasteiger partial charge in [0.2, 0.25) is 0 Å². The summed E-state index contributed by atoms with van der Waals surface area (Å²) in [5.74, 6) is -1.82. The Hall–Kier alpha value is -2.41. The van der Waals surface area contributed by atoms with Crippen molar-refractivity contribution < 1.29 is 24.2 Å². The molecule has 7 heteroatoms. The molecule has 0 bridgehead atoms. The van der Waals surface area contributed by atoms with Gasteiger partial charge in [-0.25, -0.2) is 9.59 Å². The van der Waals surface area contributed by atoms with Crippen LogP contribution in [-0.4, -0.2) is 35.0 Å². The highest BCUT2D eigenvalue weighted by molar-refractivity contribution is 6.09. The van der Waals surface area contributed by atoms with Gasteiger partial charge in [-0.15, -0.1) is 0 Å². The smallest absolute Gasteiger partial charge is 0.408 e. The predicted octanol–water partition coefficient (Wildman–Crippen LogP) is 6.53. The number of carboxylic acids is 1. The van der Waals surface area contributed by atoms with Crippen LogP contribution in [-0.2, 0) is 20.9 Å². The van der Waals surface area contributed by atoms with Crippen LogP contribution in [0.2, 0.25) is 0 Å². The van der Waals surface area contributed by atoms with E-state index in [0.717, 1.165) is 24.8 Å². The van der Waals surface area contributed by atoms with Gasteiger partial charge in [-0.3, -0.25) is 10.1 Å². The van der Waals surface area contributed by atoms with E-state index >= 15 is 0 Å². The normalized spacial score (nSPS) is 12.6. The van der Waals surface area contributed by atoms with Crippen molar-refractivity contribution in [3.05, 3.63) is 35.9 Å². The standard InChI is InChI=1S/C29H48N2O5/c1-2-3-4-5-6-7-8-9-10-11-12-16-21-26(32)29(27(33)34,22-17-18-23-30)31-28(35)36-24-25-19-14-13-15-20-25/h13-15,19-20H,2-12,16-18,21-24,30H2,1H3,(H,31,35)(H,33,34)/t29-/m1/s1. The number of benzene rings is 1. The van der Waals surface area contributed by atoms with Crippen molar-refractivity contribution in [2.75, 3.05) is 6.54 Å². The highest BCUT2D eigenvalue weighted by Crippen LogP contribution is 2.21. The van der Waals surface area contributed by atoms with Gasteiger partial charge in [-0.1, -0.05) is 108 Å². The summed E-state index contributed by atoms with van der Waals surface area (Å²) >= 11 is 0. The SMILES string of the molecule is CCCCCCCCCCCCCCC(=O)[C@@](CCCCN)(NC(=O)OCc1ccccc1)C(=O)O. The lowest BCUT2D eigenvalue weighted by molar-refractivity contribution is -0.150. The number of Topliss-reactive ketones (excluding diaryl/α,β-unsaturated/α-hetero) is 1. The molecule has 1 rings (SSSR count). The Bertz CT molecular complexity index is 740. The summed E-state index contributed by atoms with van der Waals surface area (Å²) in [5.41, 5.74) is 4.36. The van der Waals surface area contributed by atoms with Crippen molar-refractivity contribution in [1.82, 2.24) is 5.32 Å². The number of hydrogen-bond acceptors (Lipinski definition) is 5. The zero-order valence-corrected chi connectivity index (χ0v) is 22.3. The molecule has 0 heterocycles. The fraction of sp³-hybridized carbons (Fsp3) is 0.690. The Kier molecular flexibility index (Phi) is 17.3. The summed E-state index contributed by atoms with van der Waals surface area (Å²) in [5, 5.41) is 12.4. The summed E-state index contributed by atoms with van der Waals surface area (Å²) in [6.45, 7) is 2.62. The first-order chi connectivity index (χ1) is 17.5. The molecular formula is C29H48N2O5. The third kappa shape index (κ3) is 13.1. The molecule has 1 atom stereocenters. The fourth-order valence-electron chi connectivity index (χ4n) is 4.36. The highest BCUT2D eigenvalue weighted by atomic mass is 16.5. The monoisotopic (exact) mass is 504 g/mol. The number of alkyl carbamates (subject to hydrolysis) is 1. The van der Waals surface area contributed by atoms with Crippen molar-refractivity contribution in [3.63, 3.8) is 0 Å². The van der Waals surface area contributed by atoms with Crippen LogP contribution < -0.4 is 11.1 Å². The van der Waals surface area contributed by atoms with Crippen molar-refractivity contribution in [2.24, 2.45) is 5.73 Å². The molecule has 0 radical (unpaired) electrons. The van der Waals surface area contributed by atoms with E-state index in [9.17, 15) is 19.5 Å². The largest absolute Gasteiger partial charge is 0.479 e. The third-order valence-electron chi connectivity index (χ3n) is 6.63. The first-order valence-electron chi connectivity index (χ1n) is 13.9. The first kappa shape index (κ1) is 31.6.